The van der Waals surface area contributed by atoms with Gasteiger partial charge in [0.25, 0.3) is 5.16 Å². The summed E-state index contributed by atoms with van der Waals surface area (Å²) in [4.78, 5) is 20.9. The standard InChI is InChI=1S/C14H19O4P/c1-2-3-10-14(13(15)16,19(17)18)11-9-12-7-5-4-6-8-12/h4-8H,2-3,9-11H2,1H3,(H-,15,16,17,18)/p+1. The predicted octanol–water partition coefficient (Wildman–Crippen LogP) is 3.37. The van der Waals surface area contributed by atoms with E-state index in [0.29, 0.717) is 12.8 Å². The van der Waals surface area contributed by atoms with Gasteiger partial charge in [-0.25, -0.2) is 4.79 Å². The second-order valence-corrected chi connectivity index (χ2v) is 6.10. The van der Waals surface area contributed by atoms with Crippen LogP contribution in [-0.2, 0) is 15.8 Å². The van der Waals surface area contributed by atoms with Gasteiger partial charge in [-0.3, -0.25) is 0 Å². The summed E-state index contributed by atoms with van der Waals surface area (Å²) in [5, 5.41) is 7.84. The molecule has 0 saturated carbocycles. The molecule has 0 aliphatic heterocycles. The molecule has 2 atom stereocenters. The summed E-state index contributed by atoms with van der Waals surface area (Å²) in [5.41, 5.74) is 0.987. The number of carboxylic acids is 1. The first-order chi connectivity index (χ1) is 9.03. The molecule has 0 radical (unpaired) electrons. The summed E-state index contributed by atoms with van der Waals surface area (Å²) in [6, 6.07) is 9.44. The second kappa shape index (κ2) is 7.37. The van der Waals surface area contributed by atoms with E-state index < -0.39 is 19.2 Å². The van der Waals surface area contributed by atoms with E-state index in [9.17, 15) is 19.4 Å². The third kappa shape index (κ3) is 4.12. The SMILES string of the molecule is CCCCC(CCc1ccccc1)(C(=O)O)[P+](=O)O. The van der Waals surface area contributed by atoms with Gasteiger partial charge in [0.2, 0.25) is 0 Å². The van der Waals surface area contributed by atoms with Crippen LogP contribution in [0.15, 0.2) is 30.3 Å². The normalized spacial score (nSPS) is 14.7. The zero-order valence-electron chi connectivity index (χ0n) is 11.1. The molecule has 2 unspecified atom stereocenters. The van der Waals surface area contributed by atoms with Crippen LogP contribution < -0.4 is 0 Å². The summed E-state index contributed by atoms with van der Waals surface area (Å²) in [5.74, 6) is -1.17. The molecule has 0 aliphatic carbocycles. The first-order valence-corrected chi connectivity index (χ1v) is 7.67. The van der Waals surface area contributed by atoms with E-state index in [2.05, 4.69) is 0 Å². The van der Waals surface area contributed by atoms with Crippen molar-refractivity contribution in [1.82, 2.24) is 0 Å². The number of carbonyl (C=O) groups is 1. The molecule has 0 heterocycles. The van der Waals surface area contributed by atoms with Gasteiger partial charge >= 0.3 is 14.0 Å². The number of aliphatic carboxylic acids is 1. The molecular formula is C14H20O4P+. The van der Waals surface area contributed by atoms with Gasteiger partial charge in [0.15, 0.2) is 0 Å². The van der Waals surface area contributed by atoms with E-state index in [4.69, 9.17) is 0 Å². The van der Waals surface area contributed by atoms with Crippen molar-refractivity contribution < 1.29 is 19.4 Å². The smallest absolute Gasteiger partial charge is 0.478 e. The average Bonchev–Trinajstić information content (AvgIpc) is 2.39. The highest BCUT2D eigenvalue weighted by molar-refractivity contribution is 7.41. The van der Waals surface area contributed by atoms with Crippen LogP contribution >= 0.6 is 8.03 Å². The van der Waals surface area contributed by atoms with Crippen LogP contribution in [0.5, 0.6) is 0 Å². The van der Waals surface area contributed by atoms with Crippen LogP contribution in [0, 0.1) is 0 Å². The summed E-state index contributed by atoms with van der Waals surface area (Å²) in [6.07, 6.45) is 2.39. The van der Waals surface area contributed by atoms with Gasteiger partial charge in [-0.05, 0) is 23.0 Å². The monoisotopic (exact) mass is 283 g/mol. The van der Waals surface area contributed by atoms with Crippen molar-refractivity contribution in [2.75, 3.05) is 0 Å². The highest BCUT2D eigenvalue weighted by Crippen LogP contribution is 2.43. The van der Waals surface area contributed by atoms with Gasteiger partial charge in [0.05, 0.1) is 0 Å². The molecule has 5 heteroatoms. The third-order valence-corrected chi connectivity index (χ3v) is 4.75. The van der Waals surface area contributed by atoms with E-state index in [0.717, 1.165) is 12.0 Å². The molecule has 1 aromatic rings. The fraction of sp³-hybridized carbons (Fsp3) is 0.500. The van der Waals surface area contributed by atoms with Crippen LogP contribution in [0.3, 0.4) is 0 Å². The van der Waals surface area contributed by atoms with E-state index in [1.807, 2.05) is 37.3 Å². The van der Waals surface area contributed by atoms with Gasteiger partial charge < -0.3 is 5.11 Å². The number of hydrogen-bond donors (Lipinski definition) is 2. The molecule has 0 fully saturated rings. The largest absolute Gasteiger partial charge is 0.523 e. The lowest BCUT2D eigenvalue weighted by Gasteiger charge is -2.16. The highest BCUT2D eigenvalue weighted by atomic mass is 31.1. The summed E-state index contributed by atoms with van der Waals surface area (Å²) in [6.45, 7) is 1.94. The Balaban J connectivity index is 2.84. The van der Waals surface area contributed by atoms with Gasteiger partial charge in [0, 0.05) is 12.8 Å². The predicted molar refractivity (Wildman–Crippen MR) is 74.5 cm³/mol. The Morgan fingerprint density at radius 3 is 2.37 bits per heavy atom. The minimum absolute atomic E-state index is 0.193. The Hall–Kier alpha value is -1.25. The zero-order valence-corrected chi connectivity index (χ0v) is 12.0. The lowest BCUT2D eigenvalue weighted by Crippen LogP contribution is -2.35. The van der Waals surface area contributed by atoms with Crippen LogP contribution in [-0.4, -0.2) is 21.1 Å². The third-order valence-electron chi connectivity index (χ3n) is 3.38. The lowest BCUT2D eigenvalue weighted by atomic mass is 9.93. The molecule has 0 saturated heterocycles. The molecule has 0 aromatic heterocycles. The van der Waals surface area contributed by atoms with Crippen LogP contribution in [0.25, 0.3) is 0 Å². The second-order valence-electron chi connectivity index (χ2n) is 4.70. The van der Waals surface area contributed by atoms with Crippen molar-refractivity contribution in [2.45, 2.75) is 44.2 Å². The Labute approximate surface area is 114 Å². The van der Waals surface area contributed by atoms with Crippen molar-refractivity contribution in [2.24, 2.45) is 0 Å². The maximum absolute atomic E-state index is 11.6. The fourth-order valence-electron chi connectivity index (χ4n) is 2.08. The maximum atomic E-state index is 11.6. The summed E-state index contributed by atoms with van der Waals surface area (Å²) >= 11 is 0. The molecule has 0 amide bonds. The molecule has 0 aliphatic rings. The maximum Gasteiger partial charge on any atom is 0.523 e. The quantitative estimate of drug-likeness (QED) is 0.717. The summed E-state index contributed by atoms with van der Waals surface area (Å²) in [7, 11) is -2.75. The van der Waals surface area contributed by atoms with Crippen LogP contribution in [0.1, 0.15) is 38.2 Å². The van der Waals surface area contributed by atoms with Gasteiger partial charge in [0.1, 0.15) is 0 Å². The van der Waals surface area contributed by atoms with E-state index in [1.165, 1.54) is 0 Å². The minimum Gasteiger partial charge on any atom is -0.478 e. The number of aryl methyl sites for hydroxylation is 1. The van der Waals surface area contributed by atoms with Crippen molar-refractivity contribution >= 4 is 14.0 Å². The Morgan fingerprint density at radius 1 is 1.26 bits per heavy atom. The van der Waals surface area contributed by atoms with Gasteiger partial charge in [-0.15, -0.1) is 0 Å². The van der Waals surface area contributed by atoms with Crippen LogP contribution in [0.2, 0.25) is 0 Å². The zero-order chi connectivity index (χ0) is 14.3. The van der Waals surface area contributed by atoms with Crippen molar-refractivity contribution in [1.29, 1.82) is 0 Å². The first-order valence-electron chi connectivity index (χ1n) is 6.46. The number of hydrogen-bond acceptors (Lipinski definition) is 2. The number of unbranched alkanes of at least 4 members (excludes halogenated alkanes) is 1. The molecule has 4 nitrogen and oxygen atoms in total. The minimum atomic E-state index is -2.75. The topological polar surface area (TPSA) is 74.6 Å². The van der Waals surface area contributed by atoms with E-state index in [1.54, 1.807) is 0 Å². The molecule has 2 N–H and O–H groups in total. The lowest BCUT2D eigenvalue weighted by molar-refractivity contribution is -0.140. The molecular weight excluding hydrogens is 263 g/mol. The molecule has 0 bridgehead atoms. The molecule has 0 spiro atoms. The molecule has 104 valence electrons. The van der Waals surface area contributed by atoms with Crippen molar-refractivity contribution in [3.63, 3.8) is 0 Å². The summed E-state index contributed by atoms with van der Waals surface area (Å²) < 4.78 is 11.6. The van der Waals surface area contributed by atoms with Gasteiger partial charge in [-0.1, -0.05) is 43.7 Å². The number of benzene rings is 1. The molecule has 1 rings (SSSR count). The number of rotatable bonds is 8. The van der Waals surface area contributed by atoms with Gasteiger partial charge in [-0.2, -0.15) is 4.89 Å². The van der Waals surface area contributed by atoms with Crippen molar-refractivity contribution in [3.8, 4) is 0 Å². The number of carboxylic acid groups (broad SMARTS) is 1. The Bertz CT molecular complexity index is 416. The van der Waals surface area contributed by atoms with E-state index >= 15 is 0 Å². The Kier molecular flexibility index (Phi) is 6.13. The van der Waals surface area contributed by atoms with Crippen molar-refractivity contribution in [3.05, 3.63) is 35.9 Å². The fourth-order valence-corrected chi connectivity index (χ4v) is 2.89. The molecule has 19 heavy (non-hydrogen) atoms. The average molecular weight is 283 g/mol. The Morgan fingerprint density at radius 2 is 1.89 bits per heavy atom. The van der Waals surface area contributed by atoms with E-state index in [-0.39, 0.29) is 12.8 Å². The molecule has 1 aromatic carbocycles. The highest BCUT2D eigenvalue weighted by Gasteiger charge is 2.55. The first kappa shape index (κ1) is 15.8. The van der Waals surface area contributed by atoms with Crippen LogP contribution in [0.4, 0.5) is 0 Å².